The second-order valence-corrected chi connectivity index (χ2v) is 14.2. The third kappa shape index (κ3) is 4.71. The van der Waals surface area contributed by atoms with E-state index in [0.29, 0.717) is 0 Å². The van der Waals surface area contributed by atoms with Gasteiger partial charge in [-0.2, -0.15) is 0 Å². The van der Waals surface area contributed by atoms with E-state index < -0.39 is 0 Å². The Morgan fingerprint density at radius 1 is 0.353 bits per heavy atom. The summed E-state index contributed by atoms with van der Waals surface area (Å²) in [5, 5.41) is 7.27. The summed E-state index contributed by atoms with van der Waals surface area (Å²) in [6.07, 6.45) is 0. The lowest BCUT2D eigenvalue weighted by atomic mass is 9.81. The number of nitrogens with zero attached hydrogens (tertiary/aromatic N) is 2. The number of fused-ring (bicyclic) bond motifs is 6. The lowest BCUT2D eigenvalue weighted by Gasteiger charge is -2.22. The molecule has 0 N–H and O–H groups in total. The first kappa shape index (κ1) is 29.5. The maximum absolute atomic E-state index is 5.30. The molecular formula is C49H34N2. The van der Waals surface area contributed by atoms with Gasteiger partial charge in [0.05, 0.1) is 11.4 Å². The highest BCUT2D eigenvalue weighted by Crippen LogP contribution is 2.51. The van der Waals surface area contributed by atoms with Gasteiger partial charge in [-0.25, -0.2) is 9.97 Å². The van der Waals surface area contributed by atoms with Gasteiger partial charge in [-0.1, -0.05) is 159 Å². The van der Waals surface area contributed by atoms with Crippen molar-refractivity contribution in [3.05, 3.63) is 181 Å². The monoisotopic (exact) mass is 650 g/mol. The molecule has 10 rings (SSSR count). The third-order valence-electron chi connectivity index (χ3n) is 10.9. The highest BCUT2D eigenvalue weighted by molar-refractivity contribution is 6.06. The highest BCUT2D eigenvalue weighted by Gasteiger charge is 2.36. The van der Waals surface area contributed by atoms with Crippen molar-refractivity contribution in [2.75, 3.05) is 0 Å². The van der Waals surface area contributed by atoms with Gasteiger partial charge < -0.3 is 0 Å². The minimum Gasteiger partial charge on any atom is -0.228 e. The maximum atomic E-state index is 5.30. The lowest BCUT2D eigenvalue weighted by molar-refractivity contribution is 0.661. The Hall–Kier alpha value is -6.38. The quantitative estimate of drug-likeness (QED) is 0.189. The van der Waals surface area contributed by atoms with Gasteiger partial charge in [0.25, 0.3) is 0 Å². The van der Waals surface area contributed by atoms with Crippen molar-refractivity contribution in [1.29, 1.82) is 0 Å². The molecular weight excluding hydrogens is 617 g/mol. The van der Waals surface area contributed by atoms with E-state index in [1.54, 1.807) is 0 Å². The zero-order chi connectivity index (χ0) is 34.1. The van der Waals surface area contributed by atoms with Crippen LogP contribution in [0.2, 0.25) is 0 Å². The van der Waals surface area contributed by atoms with Gasteiger partial charge in [0.15, 0.2) is 5.82 Å². The molecule has 1 aromatic heterocycles. The van der Waals surface area contributed by atoms with Crippen LogP contribution < -0.4 is 0 Å². The number of hydrogen-bond donors (Lipinski definition) is 0. The zero-order valence-electron chi connectivity index (χ0n) is 28.6. The Balaban J connectivity index is 1.16. The van der Waals surface area contributed by atoms with Crippen molar-refractivity contribution in [2.45, 2.75) is 19.3 Å². The number of benzene rings is 8. The molecule has 0 atom stereocenters. The van der Waals surface area contributed by atoms with E-state index in [1.807, 2.05) is 6.07 Å². The van der Waals surface area contributed by atoms with Crippen LogP contribution in [0.5, 0.6) is 0 Å². The van der Waals surface area contributed by atoms with Crippen molar-refractivity contribution in [3.8, 4) is 56.2 Å². The fourth-order valence-corrected chi connectivity index (χ4v) is 8.26. The molecule has 0 fully saturated rings. The van der Waals surface area contributed by atoms with Crippen molar-refractivity contribution >= 4 is 32.3 Å². The Bertz CT molecular complexity index is 2820. The Morgan fingerprint density at radius 2 is 0.961 bits per heavy atom. The van der Waals surface area contributed by atoms with Gasteiger partial charge in [-0.15, -0.1) is 0 Å². The molecule has 0 saturated heterocycles. The molecule has 2 nitrogen and oxygen atoms in total. The molecule has 1 heterocycles. The van der Waals surface area contributed by atoms with Gasteiger partial charge in [0.1, 0.15) is 0 Å². The second-order valence-electron chi connectivity index (χ2n) is 14.2. The van der Waals surface area contributed by atoms with Crippen molar-refractivity contribution < 1.29 is 0 Å². The van der Waals surface area contributed by atoms with E-state index in [1.165, 1.54) is 60.3 Å². The van der Waals surface area contributed by atoms with Crippen LogP contribution in [-0.4, -0.2) is 9.97 Å². The molecule has 0 radical (unpaired) electrons. The van der Waals surface area contributed by atoms with Crippen molar-refractivity contribution in [2.24, 2.45) is 0 Å². The van der Waals surface area contributed by atoms with Gasteiger partial charge >= 0.3 is 0 Å². The summed E-state index contributed by atoms with van der Waals surface area (Å²) < 4.78 is 0. The smallest absolute Gasteiger partial charge is 0.161 e. The van der Waals surface area contributed by atoms with Crippen molar-refractivity contribution in [3.63, 3.8) is 0 Å². The minimum absolute atomic E-state index is 0.0651. The van der Waals surface area contributed by atoms with E-state index in [2.05, 4.69) is 178 Å². The third-order valence-corrected chi connectivity index (χ3v) is 10.9. The molecule has 0 spiro atoms. The summed E-state index contributed by atoms with van der Waals surface area (Å²) in [5.74, 6) is 0.726. The molecule has 9 aromatic rings. The molecule has 0 unspecified atom stereocenters. The minimum atomic E-state index is -0.0651. The number of rotatable bonds is 4. The molecule has 1 aliphatic rings. The molecule has 2 heteroatoms. The summed E-state index contributed by atoms with van der Waals surface area (Å²) in [6, 6.07) is 61.2. The SMILES string of the molecule is CC1(C)c2ccc(-c3ccc(-c4cc(-c5ccccc5)nc(-c5cccc6ccccc56)n4)c4ccccc34)cc2-c2cc3ccccc3cc21. The number of hydrogen-bond acceptors (Lipinski definition) is 2. The zero-order valence-corrected chi connectivity index (χ0v) is 28.6. The van der Waals surface area contributed by atoms with Crippen LogP contribution >= 0.6 is 0 Å². The Labute approximate surface area is 297 Å². The Morgan fingerprint density at radius 3 is 1.76 bits per heavy atom. The van der Waals surface area contributed by atoms with Gasteiger partial charge in [-0.05, 0) is 90.0 Å². The first-order valence-electron chi connectivity index (χ1n) is 17.7. The van der Waals surface area contributed by atoms with Gasteiger partial charge in [-0.3, -0.25) is 0 Å². The molecule has 0 saturated carbocycles. The largest absolute Gasteiger partial charge is 0.228 e. The average Bonchev–Trinajstić information content (AvgIpc) is 3.40. The van der Waals surface area contributed by atoms with E-state index >= 15 is 0 Å². The fraction of sp³-hybridized carbons (Fsp3) is 0.0612. The molecule has 51 heavy (non-hydrogen) atoms. The molecule has 1 aliphatic carbocycles. The lowest BCUT2D eigenvalue weighted by Crippen LogP contribution is -2.14. The molecule has 0 aliphatic heterocycles. The van der Waals surface area contributed by atoms with E-state index in [4.69, 9.17) is 9.97 Å². The molecule has 240 valence electrons. The molecule has 8 aromatic carbocycles. The van der Waals surface area contributed by atoms with Gasteiger partial charge in [0, 0.05) is 22.1 Å². The van der Waals surface area contributed by atoms with Crippen LogP contribution in [0.15, 0.2) is 170 Å². The fourth-order valence-electron chi connectivity index (χ4n) is 8.26. The van der Waals surface area contributed by atoms with Crippen LogP contribution in [0.4, 0.5) is 0 Å². The summed E-state index contributed by atoms with van der Waals surface area (Å²) in [5.41, 5.74) is 12.8. The van der Waals surface area contributed by atoms with Crippen LogP contribution in [0.1, 0.15) is 25.0 Å². The maximum Gasteiger partial charge on any atom is 0.161 e. The van der Waals surface area contributed by atoms with Crippen LogP contribution in [0.3, 0.4) is 0 Å². The van der Waals surface area contributed by atoms with Crippen molar-refractivity contribution in [1.82, 2.24) is 9.97 Å². The molecule has 0 amide bonds. The standard InChI is InChI=1S/C49H34N2/c1-49(2)44-26-23-35(28-42(44)43-27-33-16-6-7-17-34(33)29-45(43)49)37-24-25-40(39-21-11-10-20-38(37)39)47-30-46(32-14-4-3-5-15-32)50-48(51-47)41-22-12-18-31-13-8-9-19-36(31)41/h3-30H,1-2H3. The summed E-state index contributed by atoms with van der Waals surface area (Å²) in [6.45, 7) is 4.71. The van der Waals surface area contributed by atoms with Crippen LogP contribution in [-0.2, 0) is 5.41 Å². The second kappa shape index (κ2) is 11.3. The molecule has 0 bridgehead atoms. The van der Waals surface area contributed by atoms with E-state index in [9.17, 15) is 0 Å². The highest BCUT2D eigenvalue weighted by atomic mass is 14.9. The Kier molecular flexibility index (Phi) is 6.56. The number of aromatic nitrogens is 2. The first-order chi connectivity index (χ1) is 25.0. The van der Waals surface area contributed by atoms with E-state index in [-0.39, 0.29) is 5.41 Å². The summed E-state index contributed by atoms with van der Waals surface area (Å²) >= 11 is 0. The normalized spacial score (nSPS) is 13.1. The topological polar surface area (TPSA) is 25.8 Å². The first-order valence-corrected chi connectivity index (χ1v) is 17.7. The predicted octanol–water partition coefficient (Wildman–Crippen LogP) is 12.9. The van der Waals surface area contributed by atoms with E-state index in [0.717, 1.165) is 39.3 Å². The summed E-state index contributed by atoms with van der Waals surface area (Å²) in [7, 11) is 0. The average molecular weight is 651 g/mol. The van der Waals surface area contributed by atoms with Crippen LogP contribution in [0.25, 0.3) is 88.5 Å². The van der Waals surface area contributed by atoms with Gasteiger partial charge in [0.2, 0.25) is 0 Å². The summed E-state index contributed by atoms with van der Waals surface area (Å²) in [4.78, 5) is 10.5. The predicted molar refractivity (Wildman–Crippen MR) is 214 cm³/mol. The van der Waals surface area contributed by atoms with Crippen LogP contribution in [0, 0.1) is 0 Å².